The number of amides is 1. The number of esters is 1. The molecular weight excluding hydrogens is 440 g/mol. The van der Waals surface area contributed by atoms with Gasteiger partial charge < -0.3 is 10.5 Å². The van der Waals surface area contributed by atoms with E-state index in [-0.39, 0.29) is 23.7 Å². The van der Waals surface area contributed by atoms with Crippen molar-refractivity contribution < 1.29 is 14.3 Å². The van der Waals surface area contributed by atoms with Gasteiger partial charge in [-0.05, 0) is 23.0 Å². The molecule has 0 unspecified atom stereocenters. The second-order valence-electron chi connectivity index (χ2n) is 6.93. The molecule has 2 aliphatic heterocycles. The van der Waals surface area contributed by atoms with Gasteiger partial charge in [0.25, 0.3) is 0 Å². The number of hydrogen-bond donors (Lipinski definition) is 1. The summed E-state index contributed by atoms with van der Waals surface area (Å²) in [4.78, 5) is 27.3. The maximum atomic E-state index is 13.3. The lowest BCUT2D eigenvalue weighted by Gasteiger charge is -2.48. The molecule has 0 bridgehead atoms. The number of carbonyl (C=O) groups excluding carboxylic acids is 2. The maximum absolute atomic E-state index is 13.3. The van der Waals surface area contributed by atoms with Gasteiger partial charge in [0.2, 0.25) is 5.91 Å². The molecule has 158 valence electrons. The molecule has 8 heteroatoms. The SMILES string of the molecule is CSCC1=C(C(=O)OC(c2ccccc2)c2ccccc2)N2C(=O)[C@@H](N)[C@H]2SC1.Cl. The number of fused-ring (bicyclic) bond motifs is 1. The van der Waals surface area contributed by atoms with Gasteiger partial charge in [-0.15, -0.1) is 24.2 Å². The van der Waals surface area contributed by atoms with Gasteiger partial charge in [-0.3, -0.25) is 9.69 Å². The quantitative estimate of drug-likeness (QED) is 0.522. The monoisotopic (exact) mass is 462 g/mol. The predicted octanol–water partition coefficient (Wildman–Crippen LogP) is 3.60. The molecule has 2 aliphatic rings. The van der Waals surface area contributed by atoms with Gasteiger partial charge in [-0.1, -0.05) is 60.7 Å². The summed E-state index contributed by atoms with van der Waals surface area (Å²) in [6.45, 7) is 0. The van der Waals surface area contributed by atoms with Crippen molar-refractivity contribution in [1.82, 2.24) is 4.90 Å². The minimum Gasteiger partial charge on any atom is -0.448 e. The molecule has 2 heterocycles. The van der Waals surface area contributed by atoms with Crippen LogP contribution in [0.25, 0.3) is 0 Å². The number of thioether (sulfide) groups is 2. The molecule has 1 fully saturated rings. The van der Waals surface area contributed by atoms with Crippen LogP contribution in [-0.4, -0.2) is 46.0 Å². The number of rotatable bonds is 6. The number of carbonyl (C=O) groups is 2. The maximum Gasteiger partial charge on any atom is 0.356 e. The van der Waals surface area contributed by atoms with Crippen molar-refractivity contribution in [3.63, 3.8) is 0 Å². The number of nitrogens with zero attached hydrogens (tertiary/aromatic N) is 1. The fourth-order valence-corrected chi connectivity index (χ4v) is 5.61. The highest BCUT2D eigenvalue weighted by molar-refractivity contribution is 8.00. The van der Waals surface area contributed by atoms with Crippen LogP contribution >= 0.6 is 35.9 Å². The van der Waals surface area contributed by atoms with Gasteiger partial charge in [0, 0.05) is 11.5 Å². The van der Waals surface area contributed by atoms with E-state index >= 15 is 0 Å². The van der Waals surface area contributed by atoms with Crippen molar-refractivity contribution in [3.8, 4) is 0 Å². The van der Waals surface area contributed by atoms with E-state index < -0.39 is 18.1 Å². The molecule has 2 atom stereocenters. The van der Waals surface area contributed by atoms with E-state index in [0.29, 0.717) is 17.2 Å². The number of benzene rings is 2. The molecule has 0 aliphatic carbocycles. The van der Waals surface area contributed by atoms with Gasteiger partial charge in [0.15, 0.2) is 6.10 Å². The van der Waals surface area contributed by atoms with Crippen LogP contribution in [0.3, 0.4) is 0 Å². The Bertz CT molecular complexity index is 900. The Hall–Kier alpha value is -1.93. The molecule has 1 amide bonds. The summed E-state index contributed by atoms with van der Waals surface area (Å²) in [6, 6.07) is 18.7. The number of β-lactam (4-membered cyclic amide) rings is 1. The van der Waals surface area contributed by atoms with Crippen LogP contribution in [0.15, 0.2) is 71.9 Å². The van der Waals surface area contributed by atoms with Crippen LogP contribution in [0.2, 0.25) is 0 Å². The Labute approximate surface area is 190 Å². The first-order chi connectivity index (χ1) is 14.1. The lowest BCUT2D eigenvalue weighted by Crippen LogP contribution is -2.68. The van der Waals surface area contributed by atoms with Gasteiger partial charge >= 0.3 is 5.97 Å². The van der Waals surface area contributed by atoms with E-state index in [0.717, 1.165) is 16.7 Å². The van der Waals surface area contributed by atoms with Crippen molar-refractivity contribution in [2.75, 3.05) is 17.8 Å². The van der Waals surface area contributed by atoms with Crippen LogP contribution in [0.1, 0.15) is 17.2 Å². The lowest BCUT2D eigenvalue weighted by atomic mass is 10.0. The fraction of sp³-hybridized carbons (Fsp3) is 0.273. The number of nitrogens with two attached hydrogens (primary N) is 1. The molecule has 1 saturated heterocycles. The smallest absolute Gasteiger partial charge is 0.356 e. The van der Waals surface area contributed by atoms with E-state index in [9.17, 15) is 9.59 Å². The molecule has 5 nitrogen and oxygen atoms in total. The second-order valence-corrected chi connectivity index (χ2v) is 8.90. The third kappa shape index (κ3) is 4.25. The van der Waals surface area contributed by atoms with Crippen molar-refractivity contribution >= 4 is 47.8 Å². The van der Waals surface area contributed by atoms with Crippen molar-refractivity contribution in [3.05, 3.63) is 83.1 Å². The van der Waals surface area contributed by atoms with E-state index in [1.54, 1.807) is 23.5 Å². The highest BCUT2D eigenvalue weighted by Crippen LogP contribution is 2.41. The Kier molecular flexibility index (Phi) is 7.52. The Morgan fingerprint density at radius 2 is 1.73 bits per heavy atom. The van der Waals surface area contributed by atoms with E-state index in [1.807, 2.05) is 66.9 Å². The molecular formula is C22H23ClN2O3S2. The largest absolute Gasteiger partial charge is 0.448 e. The van der Waals surface area contributed by atoms with Crippen molar-refractivity contribution in [2.45, 2.75) is 17.5 Å². The van der Waals surface area contributed by atoms with Crippen LogP contribution < -0.4 is 5.73 Å². The number of halogens is 1. The first kappa shape index (κ1) is 22.7. The zero-order chi connectivity index (χ0) is 20.4. The first-order valence-corrected chi connectivity index (χ1v) is 11.8. The molecule has 0 spiro atoms. The fourth-order valence-electron chi connectivity index (χ4n) is 3.60. The molecule has 4 rings (SSSR count). The Morgan fingerprint density at radius 1 is 1.17 bits per heavy atom. The third-order valence-electron chi connectivity index (χ3n) is 5.03. The normalized spacial score (nSPS) is 20.4. The standard InChI is InChI=1S/C22H22N2O3S2.ClH/c1-28-12-16-13-29-21-17(23)20(25)24(21)18(16)22(26)27-19(14-8-4-2-5-9-14)15-10-6-3-7-11-15;/h2-11,17,19,21H,12-13,23H2,1H3;1H/t17-,21-;/m1./s1. The zero-order valence-corrected chi connectivity index (χ0v) is 18.8. The third-order valence-corrected chi connectivity index (χ3v) is 7.03. The van der Waals surface area contributed by atoms with Gasteiger partial charge in [-0.2, -0.15) is 11.8 Å². The minimum atomic E-state index is -0.558. The summed E-state index contributed by atoms with van der Waals surface area (Å²) in [5.74, 6) is 0.653. The lowest BCUT2D eigenvalue weighted by molar-refractivity contribution is -0.153. The van der Waals surface area contributed by atoms with Crippen LogP contribution in [-0.2, 0) is 14.3 Å². The predicted molar refractivity (Wildman–Crippen MR) is 125 cm³/mol. The summed E-state index contributed by atoms with van der Waals surface area (Å²) in [6.07, 6.45) is 1.43. The first-order valence-electron chi connectivity index (χ1n) is 9.34. The van der Waals surface area contributed by atoms with Crippen LogP contribution in [0.5, 0.6) is 0 Å². The molecule has 0 saturated carbocycles. The summed E-state index contributed by atoms with van der Waals surface area (Å²) in [5.41, 5.74) is 9.00. The van der Waals surface area contributed by atoms with E-state index in [1.165, 1.54) is 4.90 Å². The summed E-state index contributed by atoms with van der Waals surface area (Å²) < 4.78 is 6.02. The van der Waals surface area contributed by atoms with Crippen molar-refractivity contribution in [2.24, 2.45) is 5.73 Å². The Balaban J connectivity index is 0.00000256. The molecule has 0 aromatic heterocycles. The van der Waals surface area contributed by atoms with Gasteiger partial charge in [0.05, 0.1) is 0 Å². The highest BCUT2D eigenvalue weighted by atomic mass is 35.5. The second kappa shape index (κ2) is 9.92. The Morgan fingerprint density at radius 3 is 2.27 bits per heavy atom. The average Bonchev–Trinajstić information content (AvgIpc) is 2.77. The van der Waals surface area contributed by atoms with E-state index in [4.69, 9.17) is 10.5 Å². The van der Waals surface area contributed by atoms with Gasteiger partial charge in [-0.25, -0.2) is 4.79 Å². The minimum absolute atomic E-state index is 0. The zero-order valence-electron chi connectivity index (χ0n) is 16.4. The number of ether oxygens (including phenoxy) is 1. The summed E-state index contributed by atoms with van der Waals surface area (Å²) in [7, 11) is 0. The molecule has 30 heavy (non-hydrogen) atoms. The number of hydrogen-bond acceptors (Lipinski definition) is 6. The average molecular weight is 463 g/mol. The molecule has 2 N–H and O–H groups in total. The van der Waals surface area contributed by atoms with Crippen LogP contribution in [0.4, 0.5) is 0 Å². The van der Waals surface area contributed by atoms with E-state index in [2.05, 4.69) is 0 Å². The molecule has 2 aromatic carbocycles. The molecule has 2 aromatic rings. The van der Waals surface area contributed by atoms with Gasteiger partial charge in [0.1, 0.15) is 17.1 Å². The topological polar surface area (TPSA) is 72.6 Å². The molecule has 0 radical (unpaired) electrons. The summed E-state index contributed by atoms with van der Waals surface area (Å²) >= 11 is 3.23. The highest BCUT2D eigenvalue weighted by Gasteiger charge is 2.52. The van der Waals surface area contributed by atoms with Crippen molar-refractivity contribution in [1.29, 1.82) is 0 Å². The summed E-state index contributed by atoms with van der Waals surface area (Å²) in [5, 5.41) is -0.192. The van der Waals surface area contributed by atoms with Crippen LogP contribution in [0, 0.1) is 0 Å².